The standard InChI is InChI=1S/C14H15ClN2/c1-10(2)11-3-5-12(6-4-11)17-13-7-8-16-14(15)9-13/h3-10H,1-2H3,(H,16,17). The van der Waals surface area contributed by atoms with Crippen LogP contribution in [0.5, 0.6) is 0 Å². The van der Waals surface area contributed by atoms with Gasteiger partial charge in [-0.3, -0.25) is 0 Å². The summed E-state index contributed by atoms with van der Waals surface area (Å²) >= 11 is 5.83. The van der Waals surface area contributed by atoms with Gasteiger partial charge in [0.1, 0.15) is 5.15 Å². The third-order valence-electron chi connectivity index (χ3n) is 2.59. The Morgan fingerprint density at radius 2 is 1.76 bits per heavy atom. The van der Waals surface area contributed by atoms with Crippen molar-refractivity contribution in [1.82, 2.24) is 4.98 Å². The number of pyridine rings is 1. The molecule has 0 aliphatic heterocycles. The van der Waals surface area contributed by atoms with E-state index < -0.39 is 0 Å². The van der Waals surface area contributed by atoms with Crippen molar-refractivity contribution in [3.63, 3.8) is 0 Å². The van der Waals surface area contributed by atoms with Crippen LogP contribution in [0.3, 0.4) is 0 Å². The predicted octanol–water partition coefficient (Wildman–Crippen LogP) is 4.60. The van der Waals surface area contributed by atoms with Crippen molar-refractivity contribution in [3.8, 4) is 0 Å². The zero-order valence-electron chi connectivity index (χ0n) is 9.94. The summed E-state index contributed by atoms with van der Waals surface area (Å²) in [5, 5.41) is 3.78. The number of halogens is 1. The molecule has 0 atom stereocenters. The van der Waals surface area contributed by atoms with Crippen molar-refractivity contribution in [1.29, 1.82) is 0 Å². The highest BCUT2D eigenvalue weighted by Crippen LogP contribution is 2.21. The molecular weight excluding hydrogens is 232 g/mol. The molecule has 3 heteroatoms. The fourth-order valence-corrected chi connectivity index (χ4v) is 1.77. The molecule has 0 aliphatic rings. The van der Waals surface area contributed by atoms with Crippen molar-refractivity contribution in [2.24, 2.45) is 0 Å². The molecule has 2 rings (SSSR count). The van der Waals surface area contributed by atoms with Gasteiger partial charge in [0.05, 0.1) is 0 Å². The Hall–Kier alpha value is -1.54. The maximum absolute atomic E-state index is 5.83. The van der Waals surface area contributed by atoms with Crippen LogP contribution in [-0.2, 0) is 0 Å². The van der Waals surface area contributed by atoms with Gasteiger partial charge < -0.3 is 5.32 Å². The summed E-state index contributed by atoms with van der Waals surface area (Å²) in [6, 6.07) is 12.1. The lowest BCUT2D eigenvalue weighted by molar-refractivity contribution is 0.867. The zero-order chi connectivity index (χ0) is 12.3. The summed E-state index contributed by atoms with van der Waals surface area (Å²) in [7, 11) is 0. The average molecular weight is 247 g/mol. The molecule has 0 aliphatic carbocycles. The number of nitrogens with zero attached hydrogens (tertiary/aromatic N) is 1. The smallest absolute Gasteiger partial charge is 0.131 e. The molecular formula is C14H15ClN2. The zero-order valence-corrected chi connectivity index (χ0v) is 10.7. The van der Waals surface area contributed by atoms with Crippen molar-refractivity contribution in [3.05, 3.63) is 53.3 Å². The molecule has 0 bridgehead atoms. The number of nitrogens with one attached hydrogen (secondary N) is 1. The molecule has 2 nitrogen and oxygen atoms in total. The van der Waals surface area contributed by atoms with E-state index in [2.05, 4.69) is 48.4 Å². The van der Waals surface area contributed by atoms with Gasteiger partial charge in [0.15, 0.2) is 0 Å². The van der Waals surface area contributed by atoms with Gasteiger partial charge in [-0.2, -0.15) is 0 Å². The van der Waals surface area contributed by atoms with Crippen LogP contribution < -0.4 is 5.32 Å². The van der Waals surface area contributed by atoms with Crippen molar-refractivity contribution in [2.75, 3.05) is 5.32 Å². The molecule has 0 unspecified atom stereocenters. The molecule has 17 heavy (non-hydrogen) atoms. The van der Waals surface area contributed by atoms with Crippen LogP contribution in [-0.4, -0.2) is 4.98 Å². The minimum atomic E-state index is 0.494. The molecule has 0 saturated carbocycles. The molecule has 1 heterocycles. The first-order valence-corrected chi connectivity index (χ1v) is 6.01. The van der Waals surface area contributed by atoms with Crippen LogP contribution in [0.4, 0.5) is 11.4 Å². The van der Waals surface area contributed by atoms with Crippen LogP contribution in [0.15, 0.2) is 42.6 Å². The van der Waals surface area contributed by atoms with Gasteiger partial charge in [0, 0.05) is 17.6 Å². The van der Waals surface area contributed by atoms with Crippen LogP contribution in [0.2, 0.25) is 5.15 Å². The Bertz CT molecular complexity index is 492. The fraction of sp³-hybridized carbons (Fsp3) is 0.214. The van der Waals surface area contributed by atoms with Crippen LogP contribution in [0.1, 0.15) is 25.3 Å². The van der Waals surface area contributed by atoms with E-state index in [0.717, 1.165) is 11.4 Å². The van der Waals surface area contributed by atoms with E-state index in [9.17, 15) is 0 Å². The van der Waals surface area contributed by atoms with Gasteiger partial charge in [-0.25, -0.2) is 4.98 Å². The highest BCUT2D eigenvalue weighted by atomic mass is 35.5. The molecule has 88 valence electrons. The SMILES string of the molecule is CC(C)c1ccc(Nc2ccnc(Cl)c2)cc1. The van der Waals surface area contributed by atoms with E-state index in [1.165, 1.54) is 5.56 Å². The average Bonchev–Trinajstić information content (AvgIpc) is 2.29. The van der Waals surface area contributed by atoms with Crippen molar-refractivity contribution in [2.45, 2.75) is 19.8 Å². The van der Waals surface area contributed by atoms with Gasteiger partial charge in [0.25, 0.3) is 0 Å². The minimum Gasteiger partial charge on any atom is -0.355 e. The Morgan fingerprint density at radius 3 is 2.35 bits per heavy atom. The van der Waals surface area contributed by atoms with Crippen LogP contribution in [0.25, 0.3) is 0 Å². The van der Waals surface area contributed by atoms with Gasteiger partial charge >= 0.3 is 0 Å². The van der Waals surface area contributed by atoms with Crippen LogP contribution in [0, 0.1) is 0 Å². The maximum atomic E-state index is 5.83. The predicted molar refractivity (Wildman–Crippen MR) is 73.1 cm³/mol. The van der Waals surface area contributed by atoms with E-state index >= 15 is 0 Å². The monoisotopic (exact) mass is 246 g/mol. The summed E-state index contributed by atoms with van der Waals surface area (Å²) in [5.41, 5.74) is 3.34. The number of anilines is 2. The molecule has 1 N–H and O–H groups in total. The Balaban J connectivity index is 2.14. The second-order valence-electron chi connectivity index (χ2n) is 4.27. The first kappa shape index (κ1) is 11.9. The fourth-order valence-electron chi connectivity index (χ4n) is 1.60. The summed E-state index contributed by atoms with van der Waals surface area (Å²) < 4.78 is 0. The third-order valence-corrected chi connectivity index (χ3v) is 2.80. The van der Waals surface area contributed by atoms with E-state index in [1.807, 2.05) is 6.07 Å². The Kier molecular flexibility index (Phi) is 3.64. The molecule has 0 amide bonds. The summed E-state index contributed by atoms with van der Waals surface area (Å²) in [5.74, 6) is 0.555. The minimum absolute atomic E-state index is 0.494. The number of rotatable bonds is 3. The molecule has 0 spiro atoms. The van der Waals surface area contributed by atoms with Crippen LogP contribution >= 0.6 is 11.6 Å². The first-order valence-electron chi connectivity index (χ1n) is 5.63. The number of hydrogen-bond acceptors (Lipinski definition) is 2. The molecule has 0 radical (unpaired) electrons. The highest BCUT2D eigenvalue weighted by Gasteiger charge is 1.99. The molecule has 0 fully saturated rings. The number of benzene rings is 1. The molecule has 2 aromatic rings. The lowest BCUT2D eigenvalue weighted by Gasteiger charge is -2.09. The molecule has 0 saturated heterocycles. The Labute approximate surface area is 107 Å². The topological polar surface area (TPSA) is 24.9 Å². The van der Waals surface area contributed by atoms with E-state index in [-0.39, 0.29) is 0 Å². The Morgan fingerprint density at radius 1 is 1.06 bits per heavy atom. The third kappa shape index (κ3) is 3.21. The highest BCUT2D eigenvalue weighted by molar-refractivity contribution is 6.29. The van der Waals surface area contributed by atoms with Gasteiger partial charge in [-0.1, -0.05) is 37.6 Å². The van der Waals surface area contributed by atoms with Crippen molar-refractivity contribution < 1.29 is 0 Å². The summed E-state index contributed by atoms with van der Waals surface area (Å²) in [6.07, 6.45) is 1.69. The largest absolute Gasteiger partial charge is 0.355 e. The van der Waals surface area contributed by atoms with E-state index in [4.69, 9.17) is 11.6 Å². The van der Waals surface area contributed by atoms with E-state index in [0.29, 0.717) is 11.1 Å². The normalized spacial score (nSPS) is 10.6. The molecule has 1 aromatic heterocycles. The first-order chi connectivity index (χ1) is 8.15. The summed E-state index contributed by atoms with van der Waals surface area (Å²) in [4.78, 5) is 3.94. The quantitative estimate of drug-likeness (QED) is 0.801. The lowest BCUT2D eigenvalue weighted by atomic mass is 10.0. The van der Waals surface area contributed by atoms with Gasteiger partial charge in [0.2, 0.25) is 0 Å². The lowest BCUT2D eigenvalue weighted by Crippen LogP contribution is -1.92. The van der Waals surface area contributed by atoms with Gasteiger partial charge in [-0.05, 0) is 35.7 Å². The number of aromatic nitrogens is 1. The second kappa shape index (κ2) is 5.19. The maximum Gasteiger partial charge on any atom is 0.131 e. The number of hydrogen-bond donors (Lipinski definition) is 1. The molecule has 1 aromatic carbocycles. The van der Waals surface area contributed by atoms with E-state index in [1.54, 1.807) is 12.3 Å². The van der Waals surface area contributed by atoms with Gasteiger partial charge in [-0.15, -0.1) is 0 Å². The van der Waals surface area contributed by atoms with Crippen molar-refractivity contribution >= 4 is 23.0 Å². The second-order valence-corrected chi connectivity index (χ2v) is 4.66. The summed E-state index contributed by atoms with van der Waals surface area (Å²) in [6.45, 7) is 4.37.